The summed E-state index contributed by atoms with van der Waals surface area (Å²) in [6.45, 7) is 2.00. The largest absolute Gasteiger partial charge is 0.610 e. The molecular weight excluding hydrogens is 672 g/mol. The van der Waals surface area contributed by atoms with Gasteiger partial charge in [0.15, 0.2) is 4.80 Å². The number of carbonyl (C=O) groups excluding carboxylic acids is 1. The third kappa shape index (κ3) is 10.6. The molecule has 4 rings (SSSR count). The van der Waals surface area contributed by atoms with Crippen LogP contribution in [0.4, 0.5) is 0 Å². The van der Waals surface area contributed by atoms with E-state index in [1.165, 1.54) is 34.5 Å². The second kappa shape index (κ2) is 15.9. The molecule has 3 aromatic rings. The van der Waals surface area contributed by atoms with Gasteiger partial charge in [-0.25, -0.2) is 9.55 Å². The minimum Gasteiger partial charge on any atom is -0.610 e. The van der Waals surface area contributed by atoms with E-state index < -0.39 is 39.2 Å². The van der Waals surface area contributed by atoms with Crippen LogP contribution in [0.1, 0.15) is 35.8 Å². The fourth-order valence-corrected chi connectivity index (χ4v) is 7.43. The van der Waals surface area contributed by atoms with Crippen LogP contribution in [0, 0.1) is 0 Å². The number of amides is 1. The summed E-state index contributed by atoms with van der Waals surface area (Å²) in [7, 11) is -6.91. The number of rotatable bonds is 14. The van der Waals surface area contributed by atoms with Gasteiger partial charge in [-0.1, -0.05) is 6.92 Å². The van der Waals surface area contributed by atoms with Crippen LogP contribution in [0.15, 0.2) is 51.9 Å². The van der Waals surface area contributed by atoms with Crippen molar-refractivity contribution in [3.05, 3.63) is 58.0 Å². The summed E-state index contributed by atoms with van der Waals surface area (Å²) in [6.07, 6.45) is 3.54. The lowest BCUT2D eigenvalue weighted by Crippen LogP contribution is -2.22. The number of hydrogen-bond donors (Lipinski definition) is 2. The maximum atomic E-state index is 13.5. The van der Waals surface area contributed by atoms with Crippen LogP contribution in [-0.4, -0.2) is 69.1 Å². The average Bonchev–Trinajstić information content (AvgIpc) is 3.35. The highest BCUT2D eigenvalue weighted by atomic mass is 32.2. The van der Waals surface area contributed by atoms with Gasteiger partial charge in [0.1, 0.15) is 36.3 Å². The first kappa shape index (κ1) is 35.5. The van der Waals surface area contributed by atoms with E-state index in [1.807, 2.05) is 6.92 Å². The van der Waals surface area contributed by atoms with E-state index in [1.54, 1.807) is 25.3 Å². The van der Waals surface area contributed by atoms with Crippen molar-refractivity contribution < 1.29 is 56.0 Å². The molecule has 2 aromatic heterocycles. The summed E-state index contributed by atoms with van der Waals surface area (Å²) in [4.78, 5) is 40.5. The van der Waals surface area contributed by atoms with E-state index in [0.717, 1.165) is 11.3 Å². The SMILES string of the molecule is CCC(COC)Oc1cc(Oc2ccc([S+](C)[O-])nc2)cc(C(=O)/N=c2\scc(CP3(=O)OCCCO3)n2COP(=O)(O)O)c1. The van der Waals surface area contributed by atoms with Crippen molar-refractivity contribution in [2.75, 3.05) is 33.2 Å². The molecule has 3 heterocycles. The molecule has 2 atom stereocenters. The molecule has 1 saturated heterocycles. The van der Waals surface area contributed by atoms with Crippen LogP contribution < -0.4 is 14.3 Å². The molecule has 1 aromatic carbocycles. The van der Waals surface area contributed by atoms with Gasteiger partial charge in [0.25, 0.3) is 5.91 Å². The molecule has 0 aliphatic carbocycles. The number of methoxy groups -OCH3 is 1. The highest BCUT2D eigenvalue weighted by Crippen LogP contribution is 2.53. The van der Waals surface area contributed by atoms with Gasteiger partial charge >= 0.3 is 15.4 Å². The Bertz CT molecular complexity index is 1610. The van der Waals surface area contributed by atoms with Crippen molar-refractivity contribution >= 4 is 43.8 Å². The van der Waals surface area contributed by atoms with E-state index in [0.29, 0.717) is 36.0 Å². The number of carbonyl (C=O) groups is 1. The number of aromatic nitrogens is 2. The Morgan fingerprint density at radius 3 is 2.60 bits per heavy atom. The number of nitrogens with zero attached hydrogens (tertiary/aromatic N) is 3. The number of phosphoric ester groups is 1. The molecular formula is C26H33N3O12P2S2. The second-order valence-electron chi connectivity index (χ2n) is 9.58. The summed E-state index contributed by atoms with van der Waals surface area (Å²) in [6, 6.07) is 7.65. The van der Waals surface area contributed by atoms with E-state index in [2.05, 4.69) is 14.5 Å². The minimum absolute atomic E-state index is 0.0130. The van der Waals surface area contributed by atoms with E-state index in [-0.39, 0.29) is 47.3 Å². The molecule has 1 fully saturated rings. The first-order chi connectivity index (χ1) is 21.4. The van der Waals surface area contributed by atoms with Crippen molar-refractivity contribution in [3.8, 4) is 17.2 Å². The first-order valence-electron chi connectivity index (χ1n) is 13.5. The number of hydrogen-bond acceptors (Lipinski definition) is 12. The molecule has 0 saturated carbocycles. The van der Waals surface area contributed by atoms with Gasteiger partial charge in [-0.15, -0.1) is 11.3 Å². The number of phosphoric acid groups is 1. The lowest BCUT2D eigenvalue weighted by molar-refractivity contribution is 0.0784. The monoisotopic (exact) mass is 705 g/mol. The van der Waals surface area contributed by atoms with Crippen molar-refractivity contribution in [1.82, 2.24) is 9.55 Å². The van der Waals surface area contributed by atoms with Gasteiger partial charge in [0.05, 0.1) is 32.2 Å². The summed E-state index contributed by atoms with van der Waals surface area (Å²) in [5.41, 5.74) is 0.346. The Kier molecular flexibility index (Phi) is 12.6. The molecule has 45 heavy (non-hydrogen) atoms. The molecule has 246 valence electrons. The average molecular weight is 706 g/mol. The van der Waals surface area contributed by atoms with Crippen LogP contribution in [0.25, 0.3) is 0 Å². The summed E-state index contributed by atoms with van der Waals surface area (Å²) < 4.78 is 70.1. The molecule has 0 spiro atoms. The normalized spacial score (nSPS) is 16.7. The molecule has 2 N–H and O–H groups in total. The minimum atomic E-state index is -4.92. The highest BCUT2D eigenvalue weighted by Gasteiger charge is 2.30. The zero-order chi connectivity index (χ0) is 32.6. The Balaban J connectivity index is 1.70. The van der Waals surface area contributed by atoms with Crippen LogP contribution in [0.3, 0.4) is 0 Å². The quantitative estimate of drug-likeness (QED) is 0.179. The van der Waals surface area contributed by atoms with Crippen LogP contribution in [0.2, 0.25) is 0 Å². The third-order valence-corrected chi connectivity index (χ3v) is 10.2. The van der Waals surface area contributed by atoms with E-state index in [9.17, 15) is 28.3 Å². The van der Waals surface area contributed by atoms with Gasteiger partial charge < -0.3 is 37.6 Å². The molecule has 19 heteroatoms. The summed E-state index contributed by atoms with van der Waals surface area (Å²) in [5, 5.41) is 1.90. The van der Waals surface area contributed by atoms with Gasteiger partial charge in [-0.3, -0.25) is 18.5 Å². The maximum Gasteiger partial charge on any atom is 0.471 e. The van der Waals surface area contributed by atoms with Crippen molar-refractivity contribution in [2.24, 2.45) is 4.99 Å². The Labute approximate surface area is 266 Å². The van der Waals surface area contributed by atoms with Crippen molar-refractivity contribution in [1.29, 1.82) is 0 Å². The van der Waals surface area contributed by atoms with Crippen LogP contribution in [0.5, 0.6) is 17.2 Å². The topological polar surface area (TPSA) is 200 Å². The van der Waals surface area contributed by atoms with Crippen molar-refractivity contribution in [2.45, 2.75) is 43.8 Å². The predicted octanol–water partition coefficient (Wildman–Crippen LogP) is 4.22. The molecule has 0 radical (unpaired) electrons. The predicted molar refractivity (Wildman–Crippen MR) is 163 cm³/mol. The second-order valence-corrected chi connectivity index (χ2v) is 15.0. The maximum absolute atomic E-state index is 13.5. The van der Waals surface area contributed by atoms with Gasteiger partial charge in [0, 0.05) is 47.1 Å². The van der Waals surface area contributed by atoms with Crippen LogP contribution in [-0.2, 0) is 51.5 Å². The smallest absolute Gasteiger partial charge is 0.471 e. The van der Waals surface area contributed by atoms with Gasteiger partial charge in [-0.2, -0.15) is 4.99 Å². The molecule has 1 amide bonds. The molecule has 1 aliphatic heterocycles. The standard InChI is InChI=1S/C26H33N3O12P2S2/c1-4-20(14-36-2)40-22-10-18(11-23(12-22)41-21-6-7-24(27-13-21)45(3)35)25(30)28-26-29(17-39-43(32,33)34)19(16-44-26)15-42(31)37-8-5-9-38-42/h6-7,10-13,16,20H,4-5,8-9,14-15,17H2,1-3H3,(H2,32,33,34)/b28-26-. The Morgan fingerprint density at radius 2 is 1.98 bits per heavy atom. The van der Waals surface area contributed by atoms with Gasteiger partial charge in [-0.05, 0) is 31.0 Å². The number of benzene rings is 1. The number of thiazole rings is 1. The number of ether oxygens (including phenoxy) is 3. The van der Waals surface area contributed by atoms with Gasteiger partial charge in [0.2, 0.25) is 5.03 Å². The molecule has 15 nitrogen and oxygen atoms in total. The van der Waals surface area contributed by atoms with Crippen LogP contribution >= 0.6 is 26.8 Å². The summed E-state index contributed by atoms with van der Waals surface area (Å²) >= 11 is -0.306. The fourth-order valence-electron chi connectivity index (χ4n) is 3.96. The summed E-state index contributed by atoms with van der Waals surface area (Å²) in [5.74, 6) is 0.0938. The highest BCUT2D eigenvalue weighted by molar-refractivity contribution is 7.90. The first-order valence-corrected chi connectivity index (χ1v) is 19.2. The number of pyridine rings is 1. The molecule has 2 unspecified atom stereocenters. The zero-order valence-corrected chi connectivity index (χ0v) is 28.0. The van der Waals surface area contributed by atoms with Crippen molar-refractivity contribution in [3.63, 3.8) is 0 Å². The Morgan fingerprint density at radius 1 is 1.24 bits per heavy atom. The fraction of sp³-hybridized carbons (Fsp3) is 0.423. The third-order valence-electron chi connectivity index (χ3n) is 6.13. The molecule has 1 aliphatic rings. The molecule has 0 bridgehead atoms. The zero-order valence-electron chi connectivity index (χ0n) is 24.6. The lowest BCUT2D eigenvalue weighted by atomic mass is 10.2. The van der Waals surface area contributed by atoms with E-state index in [4.69, 9.17) is 23.3 Å². The Hall–Kier alpha value is -2.40. The lowest BCUT2D eigenvalue weighted by Gasteiger charge is -2.23. The van der Waals surface area contributed by atoms with E-state index >= 15 is 0 Å².